The molecule has 0 bridgehead atoms. The summed E-state index contributed by atoms with van der Waals surface area (Å²) in [5.74, 6) is -0.642. The SMILES string of the molecule is COC(CCC(N)=O)C1CCC(CCN2CCN(c3ccc(F)c(C#N)c3F)CC2)CC1. The monoisotopic (exact) mass is 448 g/mol. The van der Waals surface area contributed by atoms with Crippen molar-refractivity contribution in [3.63, 3.8) is 0 Å². The number of primary amides is 1. The number of carbonyl (C=O) groups is 1. The summed E-state index contributed by atoms with van der Waals surface area (Å²) in [6.07, 6.45) is 6.96. The Labute approximate surface area is 189 Å². The third-order valence-electron chi connectivity index (χ3n) is 7.14. The van der Waals surface area contributed by atoms with Crippen LogP contribution in [-0.4, -0.2) is 56.7 Å². The summed E-state index contributed by atoms with van der Waals surface area (Å²) < 4.78 is 33.7. The first-order valence-electron chi connectivity index (χ1n) is 11.6. The third kappa shape index (κ3) is 6.17. The second kappa shape index (κ2) is 11.6. The molecule has 0 spiro atoms. The Hall–Kier alpha value is -2.24. The predicted molar refractivity (Wildman–Crippen MR) is 119 cm³/mol. The topological polar surface area (TPSA) is 82.6 Å². The minimum atomic E-state index is -0.813. The minimum Gasteiger partial charge on any atom is -0.381 e. The van der Waals surface area contributed by atoms with Gasteiger partial charge in [-0.1, -0.05) is 12.8 Å². The van der Waals surface area contributed by atoms with E-state index in [0.717, 1.165) is 38.9 Å². The van der Waals surface area contributed by atoms with Gasteiger partial charge >= 0.3 is 0 Å². The summed E-state index contributed by atoms with van der Waals surface area (Å²) in [6.45, 7) is 4.00. The van der Waals surface area contributed by atoms with Gasteiger partial charge in [0.25, 0.3) is 0 Å². The van der Waals surface area contributed by atoms with Gasteiger partial charge in [0, 0.05) is 39.7 Å². The summed E-state index contributed by atoms with van der Waals surface area (Å²) in [6, 6.07) is 4.21. The molecule has 3 rings (SSSR count). The van der Waals surface area contributed by atoms with E-state index in [1.54, 1.807) is 13.2 Å². The number of methoxy groups -OCH3 is 1. The molecular formula is C24H34F2N4O2. The van der Waals surface area contributed by atoms with Crippen molar-refractivity contribution in [2.45, 2.75) is 51.0 Å². The molecule has 1 saturated heterocycles. The van der Waals surface area contributed by atoms with Crippen molar-refractivity contribution in [2.75, 3.05) is 44.7 Å². The van der Waals surface area contributed by atoms with Crippen LogP contribution in [0.25, 0.3) is 0 Å². The predicted octanol–water partition coefficient (Wildman–Crippen LogP) is 3.44. The summed E-state index contributed by atoms with van der Waals surface area (Å²) in [5.41, 5.74) is 5.08. The van der Waals surface area contributed by atoms with Gasteiger partial charge in [-0.15, -0.1) is 0 Å². The second-order valence-corrected chi connectivity index (χ2v) is 9.04. The van der Waals surface area contributed by atoms with Gasteiger partial charge in [-0.3, -0.25) is 9.69 Å². The summed E-state index contributed by atoms with van der Waals surface area (Å²) in [7, 11) is 1.72. The quantitative estimate of drug-likeness (QED) is 0.626. The van der Waals surface area contributed by atoms with Crippen LogP contribution in [0.5, 0.6) is 0 Å². The number of nitriles is 1. The first kappa shape index (κ1) is 24.4. The molecule has 1 saturated carbocycles. The van der Waals surface area contributed by atoms with Gasteiger partial charge in [-0.2, -0.15) is 5.26 Å². The smallest absolute Gasteiger partial charge is 0.217 e. The second-order valence-electron chi connectivity index (χ2n) is 9.04. The third-order valence-corrected chi connectivity index (χ3v) is 7.14. The number of benzene rings is 1. The summed E-state index contributed by atoms with van der Waals surface area (Å²) in [4.78, 5) is 15.4. The maximum Gasteiger partial charge on any atom is 0.217 e. The molecule has 1 atom stereocenters. The van der Waals surface area contributed by atoms with Gasteiger partial charge in [0.05, 0.1) is 11.8 Å². The van der Waals surface area contributed by atoms with Gasteiger partial charge in [-0.05, 0) is 56.2 Å². The number of piperazine rings is 1. The highest BCUT2D eigenvalue weighted by Gasteiger charge is 2.28. The molecule has 2 N–H and O–H groups in total. The molecule has 1 amide bonds. The van der Waals surface area contributed by atoms with Crippen LogP contribution in [0, 0.1) is 34.8 Å². The van der Waals surface area contributed by atoms with Gasteiger partial charge in [-0.25, -0.2) is 8.78 Å². The lowest BCUT2D eigenvalue weighted by Crippen LogP contribution is -2.47. The molecular weight excluding hydrogens is 414 g/mol. The van der Waals surface area contributed by atoms with Gasteiger partial charge < -0.3 is 15.4 Å². The molecule has 1 aromatic carbocycles. The Morgan fingerprint density at radius 1 is 1.22 bits per heavy atom. The molecule has 1 aromatic rings. The zero-order chi connectivity index (χ0) is 23.1. The van der Waals surface area contributed by atoms with Crippen LogP contribution >= 0.6 is 0 Å². The molecule has 1 aliphatic heterocycles. The van der Waals surface area contributed by atoms with Crippen LogP contribution in [0.1, 0.15) is 50.5 Å². The molecule has 1 aliphatic carbocycles. The molecule has 1 unspecified atom stereocenters. The lowest BCUT2D eigenvalue weighted by atomic mass is 9.77. The van der Waals surface area contributed by atoms with Crippen LogP contribution in [0.15, 0.2) is 12.1 Å². The lowest BCUT2D eigenvalue weighted by Gasteiger charge is -2.38. The highest BCUT2D eigenvalue weighted by molar-refractivity contribution is 5.73. The first-order valence-corrected chi connectivity index (χ1v) is 11.6. The fourth-order valence-corrected chi connectivity index (χ4v) is 5.14. The van der Waals surface area contributed by atoms with E-state index in [0.29, 0.717) is 43.5 Å². The van der Waals surface area contributed by atoms with Crippen molar-refractivity contribution >= 4 is 11.6 Å². The number of anilines is 1. The Bertz CT molecular complexity index is 813. The minimum absolute atomic E-state index is 0.116. The number of halogens is 2. The van der Waals surface area contributed by atoms with E-state index in [-0.39, 0.29) is 12.0 Å². The Morgan fingerprint density at radius 2 is 1.91 bits per heavy atom. The largest absolute Gasteiger partial charge is 0.381 e. The standard InChI is InChI=1S/C24H34F2N4O2/c1-32-22(8-9-23(28)31)18-4-2-17(3-5-18)10-11-29-12-14-30(15-13-29)21-7-6-20(25)19(16-27)24(21)26/h6-7,17-18,22H,2-5,8-15H2,1H3,(H2,28,31). The Kier molecular flexibility index (Phi) is 8.83. The van der Waals surface area contributed by atoms with Crippen molar-refractivity contribution in [3.05, 3.63) is 29.3 Å². The van der Waals surface area contributed by atoms with Crippen molar-refractivity contribution in [1.82, 2.24) is 4.90 Å². The summed E-state index contributed by atoms with van der Waals surface area (Å²) in [5, 5.41) is 8.99. The van der Waals surface area contributed by atoms with E-state index in [1.807, 2.05) is 4.90 Å². The highest BCUT2D eigenvalue weighted by Crippen LogP contribution is 2.35. The molecule has 1 heterocycles. The normalized spacial score (nSPS) is 23.0. The van der Waals surface area contributed by atoms with Gasteiger partial charge in [0.2, 0.25) is 5.91 Å². The molecule has 176 valence electrons. The van der Waals surface area contributed by atoms with E-state index in [4.69, 9.17) is 15.7 Å². The van der Waals surface area contributed by atoms with Crippen LogP contribution in [0.2, 0.25) is 0 Å². The number of hydrogen-bond donors (Lipinski definition) is 1. The van der Waals surface area contributed by atoms with E-state index in [2.05, 4.69) is 4.90 Å². The average Bonchev–Trinajstić information content (AvgIpc) is 2.79. The zero-order valence-corrected chi connectivity index (χ0v) is 18.9. The van der Waals surface area contributed by atoms with Crippen LogP contribution < -0.4 is 10.6 Å². The average molecular weight is 449 g/mol. The molecule has 0 aromatic heterocycles. The fourth-order valence-electron chi connectivity index (χ4n) is 5.14. The molecule has 8 heteroatoms. The number of ether oxygens (including phenoxy) is 1. The molecule has 0 radical (unpaired) electrons. The number of hydrogen-bond acceptors (Lipinski definition) is 5. The van der Waals surface area contributed by atoms with Gasteiger partial charge in [0.1, 0.15) is 17.4 Å². The van der Waals surface area contributed by atoms with E-state index in [9.17, 15) is 13.6 Å². The van der Waals surface area contributed by atoms with Crippen molar-refractivity contribution in [2.24, 2.45) is 17.6 Å². The number of nitrogens with zero attached hydrogens (tertiary/aromatic N) is 3. The maximum atomic E-state index is 14.5. The number of amides is 1. The first-order chi connectivity index (χ1) is 15.4. The molecule has 2 aliphatic rings. The van der Waals surface area contributed by atoms with Crippen molar-refractivity contribution in [1.29, 1.82) is 5.26 Å². The molecule has 32 heavy (non-hydrogen) atoms. The molecule has 6 nitrogen and oxygen atoms in total. The maximum absolute atomic E-state index is 14.5. The van der Waals surface area contributed by atoms with E-state index in [1.165, 1.54) is 25.0 Å². The van der Waals surface area contributed by atoms with Crippen LogP contribution in [-0.2, 0) is 9.53 Å². The molecule has 2 fully saturated rings. The van der Waals surface area contributed by atoms with E-state index >= 15 is 0 Å². The fraction of sp³-hybridized carbons (Fsp3) is 0.667. The number of rotatable bonds is 9. The van der Waals surface area contributed by atoms with Crippen molar-refractivity contribution in [3.8, 4) is 6.07 Å². The van der Waals surface area contributed by atoms with E-state index < -0.39 is 17.2 Å². The number of carbonyl (C=O) groups excluding carboxylic acids is 1. The highest BCUT2D eigenvalue weighted by atomic mass is 19.1. The van der Waals surface area contributed by atoms with Gasteiger partial charge in [0.15, 0.2) is 5.82 Å². The summed E-state index contributed by atoms with van der Waals surface area (Å²) >= 11 is 0. The lowest BCUT2D eigenvalue weighted by molar-refractivity contribution is -0.119. The van der Waals surface area contributed by atoms with Crippen LogP contribution in [0.4, 0.5) is 14.5 Å². The Balaban J connectivity index is 1.40. The zero-order valence-electron chi connectivity index (χ0n) is 18.9. The number of nitrogens with two attached hydrogens (primary N) is 1. The Morgan fingerprint density at radius 3 is 2.50 bits per heavy atom. The van der Waals surface area contributed by atoms with Crippen molar-refractivity contribution < 1.29 is 18.3 Å². The van der Waals surface area contributed by atoms with Crippen LogP contribution in [0.3, 0.4) is 0 Å².